The summed E-state index contributed by atoms with van der Waals surface area (Å²) in [7, 11) is 0. The Morgan fingerprint density at radius 1 is 1.24 bits per heavy atom. The Morgan fingerprint density at radius 3 is 2.82 bits per heavy atom. The van der Waals surface area contributed by atoms with Crippen LogP contribution in [0.4, 0.5) is 4.39 Å². The lowest BCUT2D eigenvalue weighted by molar-refractivity contribution is 0.467. The van der Waals surface area contributed by atoms with E-state index in [4.69, 9.17) is 0 Å². The molecule has 0 unspecified atom stereocenters. The number of hydrogen-bond acceptors (Lipinski definition) is 4. The monoisotopic (exact) mass is 233 g/mol. The Hall–Kier alpha value is -2.01. The van der Waals surface area contributed by atoms with Gasteiger partial charge in [-0.1, -0.05) is 0 Å². The second-order valence-corrected chi connectivity index (χ2v) is 3.62. The second-order valence-electron chi connectivity index (χ2n) is 3.62. The molecule has 0 saturated heterocycles. The molecule has 2 aromatic rings. The number of nitrogens with zero attached hydrogens (tertiary/aromatic N) is 2. The number of aromatic nitrogens is 2. The summed E-state index contributed by atoms with van der Waals surface area (Å²) in [5.74, 6) is -0.507. The SMILES string of the molecule is Oc1cc(F)cc(CNCc2ccncn2)c1. The molecule has 17 heavy (non-hydrogen) atoms. The van der Waals surface area contributed by atoms with Gasteiger partial charge in [-0.15, -0.1) is 0 Å². The Balaban J connectivity index is 1.90. The van der Waals surface area contributed by atoms with Crippen LogP contribution in [0.2, 0.25) is 0 Å². The van der Waals surface area contributed by atoms with Crippen LogP contribution in [0, 0.1) is 5.82 Å². The third kappa shape index (κ3) is 3.49. The molecule has 0 atom stereocenters. The van der Waals surface area contributed by atoms with Crippen molar-refractivity contribution < 1.29 is 9.50 Å². The average Bonchev–Trinajstić information content (AvgIpc) is 2.29. The molecule has 1 aromatic heterocycles. The molecule has 0 saturated carbocycles. The molecule has 0 aliphatic rings. The first-order valence-corrected chi connectivity index (χ1v) is 5.18. The van der Waals surface area contributed by atoms with Gasteiger partial charge in [0, 0.05) is 25.4 Å². The summed E-state index contributed by atoms with van der Waals surface area (Å²) >= 11 is 0. The molecule has 2 N–H and O–H groups in total. The number of rotatable bonds is 4. The summed E-state index contributed by atoms with van der Waals surface area (Å²) in [6.45, 7) is 1.04. The van der Waals surface area contributed by atoms with E-state index in [1.54, 1.807) is 12.3 Å². The largest absolute Gasteiger partial charge is 0.508 e. The van der Waals surface area contributed by atoms with Crippen molar-refractivity contribution in [1.29, 1.82) is 0 Å². The summed E-state index contributed by atoms with van der Waals surface area (Å²) in [6.07, 6.45) is 3.14. The van der Waals surface area contributed by atoms with Gasteiger partial charge in [-0.2, -0.15) is 0 Å². The zero-order chi connectivity index (χ0) is 12.1. The quantitative estimate of drug-likeness (QED) is 0.842. The number of aromatic hydroxyl groups is 1. The maximum absolute atomic E-state index is 13.0. The zero-order valence-electron chi connectivity index (χ0n) is 9.10. The molecule has 0 amide bonds. The minimum atomic E-state index is -0.441. The molecule has 0 spiro atoms. The van der Waals surface area contributed by atoms with E-state index in [0.717, 1.165) is 11.8 Å². The molecular weight excluding hydrogens is 221 g/mol. The Labute approximate surface area is 98.2 Å². The lowest BCUT2D eigenvalue weighted by Crippen LogP contribution is -2.13. The average molecular weight is 233 g/mol. The van der Waals surface area contributed by atoms with Crippen molar-refractivity contribution in [3.05, 3.63) is 53.9 Å². The molecule has 0 fully saturated rings. The van der Waals surface area contributed by atoms with Crippen molar-refractivity contribution in [1.82, 2.24) is 15.3 Å². The van der Waals surface area contributed by atoms with Gasteiger partial charge >= 0.3 is 0 Å². The van der Waals surface area contributed by atoms with Gasteiger partial charge in [0.15, 0.2) is 0 Å². The number of hydrogen-bond donors (Lipinski definition) is 2. The van der Waals surface area contributed by atoms with Crippen LogP contribution < -0.4 is 5.32 Å². The van der Waals surface area contributed by atoms with Crippen LogP contribution in [0.25, 0.3) is 0 Å². The van der Waals surface area contributed by atoms with E-state index in [-0.39, 0.29) is 5.75 Å². The number of nitrogens with one attached hydrogen (secondary N) is 1. The van der Waals surface area contributed by atoms with Crippen LogP contribution >= 0.6 is 0 Å². The number of phenolic OH excluding ortho intramolecular Hbond substituents is 1. The van der Waals surface area contributed by atoms with Crippen molar-refractivity contribution in [3.8, 4) is 5.75 Å². The summed E-state index contributed by atoms with van der Waals surface area (Å²) < 4.78 is 13.0. The first-order valence-electron chi connectivity index (χ1n) is 5.18. The van der Waals surface area contributed by atoms with Crippen molar-refractivity contribution in [2.75, 3.05) is 0 Å². The second kappa shape index (κ2) is 5.36. The van der Waals surface area contributed by atoms with Crippen LogP contribution in [0.1, 0.15) is 11.3 Å². The molecule has 4 nitrogen and oxygen atoms in total. The molecule has 2 rings (SSSR count). The Bertz CT molecular complexity index is 470. The lowest BCUT2D eigenvalue weighted by Gasteiger charge is -2.05. The minimum Gasteiger partial charge on any atom is -0.508 e. The molecular formula is C12H12FN3O. The molecule has 0 radical (unpaired) electrons. The predicted octanol–water partition coefficient (Wildman–Crippen LogP) is 1.61. The van der Waals surface area contributed by atoms with Gasteiger partial charge in [0.05, 0.1) is 5.69 Å². The minimum absolute atomic E-state index is 0.0659. The van der Waals surface area contributed by atoms with Crippen LogP contribution in [0.3, 0.4) is 0 Å². The third-order valence-electron chi connectivity index (χ3n) is 2.22. The number of benzene rings is 1. The van der Waals surface area contributed by atoms with Crippen LogP contribution in [-0.2, 0) is 13.1 Å². The topological polar surface area (TPSA) is 58.0 Å². The highest BCUT2D eigenvalue weighted by atomic mass is 19.1. The third-order valence-corrected chi connectivity index (χ3v) is 2.22. The van der Waals surface area contributed by atoms with Crippen molar-refractivity contribution >= 4 is 0 Å². The lowest BCUT2D eigenvalue weighted by atomic mass is 10.2. The summed E-state index contributed by atoms with van der Waals surface area (Å²) in [5.41, 5.74) is 1.55. The highest BCUT2D eigenvalue weighted by molar-refractivity contribution is 5.28. The molecule has 88 valence electrons. The van der Waals surface area contributed by atoms with E-state index in [0.29, 0.717) is 18.7 Å². The Kier molecular flexibility index (Phi) is 3.62. The molecule has 0 aliphatic heterocycles. The highest BCUT2D eigenvalue weighted by Crippen LogP contribution is 2.14. The van der Waals surface area contributed by atoms with Gasteiger partial charge in [-0.3, -0.25) is 0 Å². The van der Waals surface area contributed by atoms with Gasteiger partial charge in [0.1, 0.15) is 17.9 Å². The van der Waals surface area contributed by atoms with Crippen molar-refractivity contribution in [2.45, 2.75) is 13.1 Å². The van der Waals surface area contributed by atoms with Gasteiger partial charge < -0.3 is 10.4 Å². The van der Waals surface area contributed by atoms with E-state index >= 15 is 0 Å². The van der Waals surface area contributed by atoms with Crippen molar-refractivity contribution in [3.63, 3.8) is 0 Å². The number of phenols is 1. The van der Waals surface area contributed by atoms with Gasteiger partial charge in [-0.05, 0) is 23.8 Å². The van der Waals surface area contributed by atoms with Crippen LogP contribution in [0.15, 0.2) is 36.8 Å². The van der Waals surface area contributed by atoms with E-state index in [1.165, 1.54) is 18.5 Å². The zero-order valence-corrected chi connectivity index (χ0v) is 9.10. The summed E-state index contributed by atoms with van der Waals surface area (Å²) in [6, 6.07) is 5.78. The molecule has 0 bridgehead atoms. The van der Waals surface area contributed by atoms with E-state index in [1.807, 2.05) is 0 Å². The van der Waals surface area contributed by atoms with Gasteiger partial charge in [0.2, 0.25) is 0 Å². The molecule has 1 aromatic carbocycles. The van der Waals surface area contributed by atoms with Crippen LogP contribution in [0.5, 0.6) is 5.75 Å². The maximum Gasteiger partial charge on any atom is 0.127 e. The standard InChI is InChI=1S/C12H12FN3O/c13-10-3-9(4-12(17)5-10)6-15-7-11-1-2-14-8-16-11/h1-5,8,15,17H,6-7H2. The molecule has 0 aliphatic carbocycles. The molecule has 5 heteroatoms. The van der Waals surface area contributed by atoms with E-state index < -0.39 is 5.82 Å². The number of halogens is 1. The maximum atomic E-state index is 13.0. The fraction of sp³-hybridized carbons (Fsp3) is 0.167. The van der Waals surface area contributed by atoms with Gasteiger partial charge in [-0.25, -0.2) is 14.4 Å². The van der Waals surface area contributed by atoms with Crippen LogP contribution in [-0.4, -0.2) is 15.1 Å². The predicted molar refractivity (Wildman–Crippen MR) is 60.6 cm³/mol. The summed E-state index contributed by atoms with van der Waals surface area (Å²) in [5, 5.41) is 12.3. The molecule has 1 heterocycles. The van der Waals surface area contributed by atoms with E-state index in [9.17, 15) is 9.50 Å². The van der Waals surface area contributed by atoms with Gasteiger partial charge in [0.25, 0.3) is 0 Å². The Morgan fingerprint density at radius 2 is 2.12 bits per heavy atom. The normalized spacial score (nSPS) is 10.4. The smallest absolute Gasteiger partial charge is 0.127 e. The first-order chi connectivity index (χ1) is 8.24. The highest BCUT2D eigenvalue weighted by Gasteiger charge is 2.00. The van der Waals surface area contributed by atoms with Crippen molar-refractivity contribution in [2.24, 2.45) is 0 Å². The fourth-order valence-corrected chi connectivity index (χ4v) is 1.49. The fourth-order valence-electron chi connectivity index (χ4n) is 1.49. The van der Waals surface area contributed by atoms with E-state index in [2.05, 4.69) is 15.3 Å². The summed E-state index contributed by atoms with van der Waals surface area (Å²) in [4.78, 5) is 7.86. The first kappa shape index (κ1) is 11.5.